The Bertz CT molecular complexity index is 1220. The molecule has 0 aliphatic carbocycles. The van der Waals surface area contributed by atoms with E-state index >= 15 is 0 Å². The Morgan fingerprint density at radius 3 is 2.34 bits per heavy atom. The van der Waals surface area contributed by atoms with Gasteiger partial charge in [-0.2, -0.15) is 4.72 Å². The fraction of sp³-hybridized carbons (Fsp3) is 0.136. The predicted molar refractivity (Wildman–Crippen MR) is 127 cm³/mol. The number of nitrogens with one attached hydrogen (secondary N) is 2. The van der Waals surface area contributed by atoms with E-state index in [2.05, 4.69) is 10.0 Å². The molecular formula is C22H19Cl3N2O4S. The normalized spacial score (nSPS) is 12.2. The van der Waals surface area contributed by atoms with E-state index in [0.717, 1.165) is 5.56 Å². The second-order valence-corrected chi connectivity index (χ2v) is 9.71. The van der Waals surface area contributed by atoms with Gasteiger partial charge in [-0.1, -0.05) is 65.1 Å². The van der Waals surface area contributed by atoms with Crippen molar-refractivity contribution in [1.82, 2.24) is 4.72 Å². The van der Waals surface area contributed by atoms with E-state index in [1.165, 1.54) is 31.4 Å². The van der Waals surface area contributed by atoms with E-state index < -0.39 is 22.0 Å². The molecule has 32 heavy (non-hydrogen) atoms. The molecule has 168 valence electrons. The number of rotatable bonds is 8. The Morgan fingerprint density at radius 2 is 1.69 bits per heavy atom. The highest BCUT2D eigenvalue weighted by molar-refractivity contribution is 7.89. The number of carbonyl (C=O) groups excluding carboxylic acids is 1. The monoisotopic (exact) mass is 512 g/mol. The molecule has 0 bridgehead atoms. The number of hydrogen-bond donors (Lipinski definition) is 2. The Balaban J connectivity index is 1.90. The van der Waals surface area contributed by atoms with Crippen molar-refractivity contribution in [2.75, 3.05) is 12.4 Å². The molecule has 0 saturated heterocycles. The van der Waals surface area contributed by atoms with Gasteiger partial charge in [0.2, 0.25) is 15.9 Å². The summed E-state index contributed by atoms with van der Waals surface area (Å²) in [6.07, 6.45) is 0.105. The summed E-state index contributed by atoms with van der Waals surface area (Å²) in [7, 11) is -2.68. The molecule has 6 nitrogen and oxygen atoms in total. The van der Waals surface area contributed by atoms with Crippen LogP contribution >= 0.6 is 34.8 Å². The minimum absolute atomic E-state index is 0.0114. The lowest BCUT2D eigenvalue weighted by Gasteiger charge is -2.19. The fourth-order valence-electron chi connectivity index (χ4n) is 2.95. The van der Waals surface area contributed by atoms with E-state index in [4.69, 9.17) is 39.5 Å². The number of benzene rings is 3. The number of sulfonamides is 1. The predicted octanol–water partition coefficient (Wildman–Crippen LogP) is 5.18. The highest BCUT2D eigenvalue weighted by Crippen LogP contribution is 2.28. The quantitative estimate of drug-likeness (QED) is 0.434. The van der Waals surface area contributed by atoms with Gasteiger partial charge in [-0.05, 0) is 48.4 Å². The molecule has 0 aromatic heterocycles. The summed E-state index contributed by atoms with van der Waals surface area (Å²) in [5.41, 5.74) is 1.15. The molecule has 0 heterocycles. The molecular weight excluding hydrogens is 495 g/mol. The van der Waals surface area contributed by atoms with Gasteiger partial charge in [0.15, 0.2) is 0 Å². The van der Waals surface area contributed by atoms with Crippen molar-refractivity contribution in [3.05, 3.63) is 87.4 Å². The molecule has 0 unspecified atom stereocenters. The van der Waals surface area contributed by atoms with Crippen LogP contribution < -0.4 is 14.8 Å². The van der Waals surface area contributed by atoms with Gasteiger partial charge in [0, 0.05) is 10.7 Å². The zero-order valence-electron chi connectivity index (χ0n) is 16.8. The third-order valence-corrected chi connectivity index (χ3v) is 6.98. The van der Waals surface area contributed by atoms with Crippen LogP contribution in [0.15, 0.2) is 71.6 Å². The summed E-state index contributed by atoms with van der Waals surface area (Å²) >= 11 is 18.1. The van der Waals surface area contributed by atoms with Crippen molar-refractivity contribution >= 4 is 56.4 Å². The maximum Gasteiger partial charge on any atom is 0.242 e. The Hall–Kier alpha value is -2.29. The maximum atomic E-state index is 13.1. The largest absolute Gasteiger partial charge is 0.495 e. The molecule has 1 atom stereocenters. The summed E-state index contributed by atoms with van der Waals surface area (Å²) in [6, 6.07) is 16.7. The van der Waals surface area contributed by atoms with Gasteiger partial charge in [0.1, 0.15) is 16.7 Å². The lowest BCUT2D eigenvalue weighted by atomic mass is 10.1. The molecule has 1 amide bonds. The molecule has 3 rings (SSSR count). The Kier molecular flexibility index (Phi) is 8.03. The van der Waals surface area contributed by atoms with Crippen molar-refractivity contribution < 1.29 is 17.9 Å². The number of carbonyl (C=O) groups is 1. The number of anilines is 1. The standard InChI is InChI=1S/C22H19Cl3N2O4S/c1-31-20-10-8-16(13-18(20)25)26-22(28)19(11-14-5-3-2-4-6-14)27-32(29,30)21-12-15(23)7-9-17(21)24/h2-10,12-13,19,27H,11H2,1H3,(H,26,28)/t19-/m1/s1. The van der Waals surface area contributed by atoms with Crippen LogP contribution in [0.3, 0.4) is 0 Å². The van der Waals surface area contributed by atoms with Gasteiger partial charge in [-0.15, -0.1) is 0 Å². The van der Waals surface area contributed by atoms with E-state index in [-0.39, 0.29) is 21.4 Å². The van der Waals surface area contributed by atoms with Crippen LogP contribution in [0.25, 0.3) is 0 Å². The number of amides is 1. The highest BCUT2D eigenvalue weighted by Gasteiger charge is 2.28. The smallest absolute Gasteiger partial charge is 0.242 e. The molecule has 0 spiro atoms. The molecule has 3 aromatic carbocycles. The molecule has 0 saturated carbocycles. The molecule has 10 heteroatoms. The summed E-state index contributed by atoms with van der Waals surface area (Å²) < 4.78 is 33.6. The van der Waals surface area contributed by atoms with Crippen molar-refractivity contribution in [3.63, 3.8) is 0 Å². The van der Waals surface area contributed by atoms with Crippen LogP contribution in [0.1, 0.15) is 5.56 Å². The van der Waals surface area contributed by atoms with Gasteiger partial charge in [0.25, 0.3) is 0 Å². The van der Waals surface area contributed by atoms with E-state index in [1.807, 2.05) is 6.07 Å². The summed E-state index contributed by atoms with van der Waals surface area (Å²) in [6.45, 7) is 0. The fourth-order valence-corrected chi connectivity index (χ4v) is 5.16. The number of methoxy groups -OCH3 is 1. The minimum atomic E-state index is -4.16. The van der Waals surface area contributed by atoms with Crippen LogP contribution in [-0.4, -0.2) is 27.5 Å². The molecule has 0 radical (unpaired) electrons. The average molecular weight is 514 g/mol. The van der Waals surface area contributed by atoms with Gasteiger partial charge < -0.3 is 10.1 Å². The van der Waals surface area contributed by atoms with Gasteiger partial charge in [0.05, 0.1) is 17.2 Å². The molecule has 2 N–H and O–H groups in total. The second kappa shape index (κ2) is 10.6. The number of halogens is 3. The van der Waals surface area contributed by atoms with Crippen LogP contribution in [0.5, 0.6) is 5.75 Å². The van der Waals surface area contributed by atoms with Crippen LogP contribution in [0.2, 0.25) is 15.1 Å². The molecule has 0 fully saturated rings. The average Bonchev–Trinajstić information content (AvgIpc) is 2.75. The van der Waals surface area contributed by atoms with E-state index in [0.29, 0.717) is 16.5 Å². The first-order chi connectivity index (χ1) is 15.2. The lowest BCUT2D eigenvalue weighted by Crippen LogP contribution is -2.45. The first-order valence-corrected chi connectivity index (χ1v) is 12.0. The molecule has 0 aliphatic heterocycles. The third kappa shape index (κ3) is 6.15. The van der Waals surface area contributed by atoms with Gasteiger partial charge in [-0.25, -0.2) is 8.42 Å². The SMILES string of the molecule is COc1ccc(NC(=O)[C@@H](Cc2ccccc2)NS(=O)(=O)c2cc(Cl)ccc2Cl)cc1Cl. The van der Waals surface area contributed by atoms with Crippen LogP contribution in [0, 0.1) is 0 Å². The van der Waals surface area contributed by atoms with Crippen LogP contribution in [0.4, 0.5) is 5.69 Å². The van der Waals surface area contributed by atoms with E-state index in [9.17, 15) is 13.2 Å². The summed E-state index contributed by atoms with van der Waals surface area (Å²) in [5.74, 6) is -0.126. The van der Waals surface area contributed by atoms with E-state index in [1.54, 1.807) is 36.4 Å². The summed E-state index contributed by atoms with van der Waals surface area (Å²) in [4.78, 5) is 12.9. The first kappa shape index (κ1) is 24.4. The molecule has 0 aliphatic rings. The Labute approximate surface area is 201 Å². The topological polar surface area (TPSA) is 84.5 Å². The maximum absolute atomic E-state index is 13.1. The van der Waals surface area contributed by atoms with Crippen LogP contribution in [-0.2, 0) is 21.2 Å². The number of ether oxygens (including phenoxy) is 1. The molecule has 3 aromatic rings. The zero-order chi connectivity index (χ0) is 23.3. The first-order valence-electron chi connectivity index (χ1n) is 9.35. The minimum Gasteiger partial charge on any atom is -0.495 e. The van der Waals surface area contributed by atoms with Crippen molar-refractivity contribution in [3.8, 4) is 5.75 Å². The number of hydrogen-bond acceptors (Lipinski definition) is 4. The zero-order valence-corrected chi connectivity index (χ0v) is 19.9. The van der Waals surface area contributed by atoms with Crippen molar-refractivity contribution in [2.45, 2.75) is 17.4 Å². The summed E-state index contributed by atoms with van der Waals surface area (Å²) in [5, 5.41) is 3.18. The van der Waals surface area contributed by atoms with Crippen molar-refractivity contribution in [2.24, 2.45) is 0 Å². The van der Waals surface area contributed by atoms with Crippen molar-refractivity contribution in [1.29, 1.82) is 0 Å². The second-order valence-electron chi connectivity index (χ2n) is 6.78. The van der Waals surface area contributed by atoms with Gasteiger partial charge in [-0.3, -0.25) is 4.79 Å². The highest BCUT2D eigenvalue weighted by atomic mass is 35.5. The third-order valence-electron chi connectivity index (χ3n) is 4.50. The Morgan fingerprint density at radius 1 is 0.969 bits per heavy atom. The van der Waals surface area contributed by atoms with Gasteiger partial charge >= 0.3 is 0 Å². The lowest BCUT2D eigenvalue weighted by molar-refractivity contribution is -0.117.